The predicted molar refractivity (Wildman–Crippen MR) is 76.9 cm³/mol. The molecule has 7 nitrogen and oxygen atoms in total. The lowest BCUT2D eigenvalue weighted by atomic mass is 10.00. The fourth-order valence-corrected chi connectivity index (χ4v) is 2.63. The van der Waals surface area contributed by atoms with Crippen molar-refractivity contribution in [3.05, 3.63) is 33.9 Å². The molecule has 1 heterocycles. The van der Waals surface area contributed by atoms with E-state index in [9.17, 15) is 14.9 Å². The largest absolute Gasteiger partial charge is 0.359 e. The minimum absolute atomic E-state index is 0.0127. The molecule has 1 amide bonds. The number of carbonyl (C=O) groups is 1. The predicted octanol–water partition coefficient (Wildman–Crippen LogP) is 1.57. The zero-order chi connectivity index (χ0) is 15.4. The molecular formula is C14H16N4O3. The molecule has 1 unspecified atom stereocenters. The van der Waals surface area contributed by atoms with E-state index in [2.05, 4.69) is 5.32 Å². The Balaban J connectivity index is 2.38. The number of hydrogen-bond acceptors (Lipinski definition) is 5. The lowest BCUT2D eigenvalue weighted by molar-refractivity contribution is -0.385. The molecule has 0 bridgehead atoms. The van der Waals surface area contributed by atoms with Gasteiger partial charge >= 0.3 is 0 Å². The van der Waals surface area contributed by atoms with Crippen molar-refractivity contribution >= 4 is 17.3 Å². The zero-order valence-electron chi connectivity index (χ0n) is 11.7. The van der Waals surface area contributed by atoms with E-state index in [0.717, 1.165) is 19.3 Å². The number of nitriles is 1. The molecule has 0 spiro atoms. The second-order valence-electron chi connectivity index (χ2n) is 4.89. The van der Waals surface area contributed by atoms with Gasteiger partial charge in [0, 0.05) is 25.3 Å². The van der Waals surface area contributed by atoms with E-state index in [4.69, 9.17) is 5.26 Å². The molecule has 7 heteroatoms. The Hall–Kier alpha value is -2.62. The molecule has 2 rings (SSSR count). The Bertz CT molecular complexity index is 609. The molecular weight excluding hydrogens is 272 g/mol. The van der Waals surface area contributed by atoms with Gasteiger partial charge in [-0.25, -0.2) is 0 Å². The Morgan fingerprint density at radius 3 is 2.90 bits per heavy atom. The van der Waals surface area contributed by atoms with Crippen LogP contribution < -0.4 is 10.2 Å². The SMILES string of the molecule is CNC(=O)C1CCCCN1c1ccc([N+](=O)[O-])c(C#N)c1. The fraction of sp³-hybridized carbons (Fsp3) is 0.429. The van der Waals surface area contributed by atoms with Crippen molar-refractivity contribution in [2.75, 3.05) is 18.5 Å². The van der Waals surface area contributed by atoms with Crippen LogP contribution in [0, 0.1) is 21.4 Å². The van der Waals surface area contributed by atoms with Crippen LogP contribution in [0.1, 0.15) is 24.8 Å². The van der Waals surface area contributed by atoms with E-state index in [1.807, 2.05) is 11.0 Å². The average Bonchev–Trinajstić information content (AvgIpc) is 2.53. The maximum atomic E-state index is 12.0. The molecule has 1 aliphatic rings. The smallest absolute Gasteiger partial charge is 0.287 e. The first kappa shape index (κ1) is 14.8. The third-order valence-electron chi connectivity index (χ3n) is 3.68. The molecule has 110 valence electrons. The summed E-state index contributed by atoms with van der Waals surface area (Å²) in [6.07, 6.45) is 2.65. The van der Waals surface area contributed by atoms with Crippen LogP contribution in [-0.2, 0) is 4.79 Å². The molecule has 1 fully saturated rings. The maximum absolute atomic E-state index is 12.0. The van der Waals surface area contributed by atoms with Crippen molar-refractivity contribution in [3.63, 3.8) is 0 Å². The Morgan fingerprint density at radius 2 is 2.29 bits per heavy atom. The highest BCUT2D eigenvalue weighted by Gasteiger charge is 2.29. The van der Waals surface area contributed by atoms with E-state index in [1.54, 1.807) is 13.1 Å². The van der Waals surface area contributed by atoms with E-state index in [1.165, 1.54) is 12.1 Å². The van der Waals surface area contributed by atoms with Gasteiger partial charge < -0.3 is 10.2 Å². The first-order chi connectivity index (χ1) is 10.1. The molecule has 1 aromatic carbocycles. The van der Waals surface area contributed by atoms with E-state index < -0.39 is 4.92 Å². The van der Waals surface area contributed by atoms with Gasteiger partial charge in [0.1, 0.15) is 17.7 Å². The minimum atomic E-state index is -0.575. The van der Waals surface area contributed by atoms with Crippen LogP contribution >= 0.6 is 0 Å². The van der Waals surface area contributed by atoms with Crippen molar-refractivity contribution in [1.82, 2.24) is 5.32 Å². The Kier molecular flexibility index (Phi) is 4.38. The Labute approximate surface area is 122 Å². The summed E-state index contributed by atoms with van der Waals surface area (Å²) in [6, 6.07) is 5.96. The highest BCUT2D eigenvalue weighted by molar-refractivity contribution is 5.85. The first-order valence-corrected chi connectivity index (χ1v) is 6.75. The number of nitrogens with one attached hydrogen (secondary N) is 1. The van der Waals surface area contributed by atoms with Crippen LogP contribution in [0.3, 0.4) is 0 Å². The maximum Gasteiger partial charge on any atom is 0.287 e. The fourth-order valence-electron chi connectivity index (χ4n) is 2.63. The van der Waals surface area contributed by atoms with Gasteiger partial charge in [-0.05, 0) is 31.4 Å². The van der Waals surface area contributed by atoms with E-state index >= 15 is 0 Å². The molecule has 1 N–H and O–H groups in total. The van der Waals surface area contributed by atoms with Gasteiger partial charge in [-0.2, -0.15) is 5.26 Å². The lowest BCUT2D eigenvalue weighted by Crippen LogP contribution is -2.48. The van der Waals surface area contributed by atoms with Crippen molar-refractivity contribution in [3.8, 4) is 6.07 Å². The normalized spacial score (nSPS) is 17.9. The van der Waals surface area contributed by atoms with E-state index in [0.29, 0.717) is 12.2 Å². The average molecular weight is 288 g/mol. The first-order valence-electron chi connectivity index (χ1n) is 6.75. The molecule has 1 saturated heterocycles. The molecule has 21 heavy (non-hydrogen) atoms. The number of nitro groups is 1. The molecule has 0 saturated carbocycles. The lowest BCUT2D eigenvalue weighted by Gasteiger charge is -2.36. The summed E-state index contributed by atoms with van der Waals surface area (Å²) < 4.78 is 0. The molecule has 1 aliphatic heterocycles. The van der Waals surface area contributed by atoms with Gasteiger partial charge in [-0.3, -0.25) is 14.9 Å². The van der Waals surface area contributed by atoms with Crippen molar-refractivity contribution in [1.29, 1.82) is 5.26 Å². The summed E-state index contributed by atoms with van der Waals surface area (Å²) in [5.74, 6) is -0.0773. The van der Waals surface area contributed by atoms with E-state index in [-0.39, 0.29) is 23.2 Å². The number of piperidine rings is 1. The monoisotopic (exact) mass is 288 g/mol. The van der Waals surface area contributed by atoms with Crippen LogP contribution in [0.5, 0.6) is 0 Å². The molecule has 1 aromatic rings. The van der Waals surface area contributed by atoms with Crippen molar-refractivity contribution in [2.24, 2.45) is 0 Å². The summed E-state index contributed by atoms with van der Waals surface area (Å²) in [6.45, 7) is 0.695. The van der Waals surface area contributed by atoms with Gasteiger partial charge in [-0.15, -0.1) is 0 Å². The number of rotatable bonds is 3. The highest BCUT2D eigenvalue weighted by atomic mass is 16.6. The molecule has 0 aromatic heterocycles. The number of nitrogens with zero attached hydrogens (tertiary/aromatic N) is 3. The topological polar surface area (TPSA) is 99.3 Å². The number of anilines is 1. The standard InChI is InChI=1S/C14H16N4O3/c1-16-14(19)13-4-2-3-7-17(13)11-5-6-12(18(20)21)10(8-11)9-15/h5-6,8,13H,2-4,7H2,1H3,(H,16,19). The van der Waals surface area contributed by atoms with Gasteiger partial charge in [-0.1, -0.05) is 0 Å². The number of carbonyl (C=O) groups excluding carboxylic acids is 1. The molecule has 0 aliphatic carbocycles. The summed E-state index contributed by atoms with van der Waals surface area (Å²) >= 11 is 0. The minimum Gasteiger partial charge on any atom is -0.359 e. The van der Waals surface area contributed by atoms with Crippen LogP contribution in [-0.4, -0.2) is 30.5 Å². The summed E-state index contributed by atoms with van der Waals surface area (Å²) in [5.41, 5.74) is 0.471. The number of nitro benzene ring substituents is 1. The van der Waals surface area contributed by atoms with Crippen molar-refractivity contribution in [2.45, 2.75) is 25.3 Å². The number of amides is 1. The van der Waals surface area contributed by atoms with Gasteiger partial charge in [0.25, 0.3) is 5.69 Å². The molecule has 1 atom stereocenters. The summed E-state index contributed by atoms with van der Waals surface area (Å²) in [7, 11) is 1.59. The number of likely N-dealkylation sites (N-methyl/N-ethyl adjacent to an activating group) is 1. The molecule has 0 radical (unpaired) electrons. The third-order valence-corrected chi connectivity index (χ3v) is 3.68. The number of benzene rings is 1. The van der Waals surface area contributed by atoms with Crippen LogP contribution in [0.25, 0.3) is 0 Å². The summed E-state index contributed by atoms with van der Waals surface area (Å²) in [4.78, 5) is 24.2. The highest BCUT2D eigenvalue weighted by Crippen LogP contribution is 2.29. The van der Waals surface area contributed by atoms with Gasteiger partial charge in [0.05, 0.1) is 4.92 Å². The van der Waals surface area contributed by atoms with Crippen molar-refractivity contribution < 1.29 is 9.72 Å². The Morgan fingerprint density at radius 1 is 1.52 bits per heavy atom. The number of hydrogen-bond donors (Lipinski definition) is 1. The second-order valence-corrected chi connectivity index (χ2v) is 4.89. The second kappa shape index (κ2) is 6.22. The summed E-state index contributed by atoms with van der Waals surface area (Å²) in [5, 5.41) is 22.6. The zero-order valence-corrected chi connectivity index (χ0v) is 11.7. The van der Waals surface area contributed by atoms with Gasteiger partial charge in [0.2, 0.25) is 5.91 Å². The third kappa shape index (κ3) is 2.94. The van der Waals surface area contributed by atoms with Crippen LogP contribution in [0.4, 0.5) is 11.4 Å². The van der Waals surface area contributed by atoms with Crippen LogP contribution in [0.2, 0.25) is 0 Å². The van der Waals surface area contributed by atoms with Gasteiger partial charge in [0.15, 0.2) is 0 Å². The quantitative estimate of drug-likeness (QED) is 0.672. The van der Waals surface area contributed by atoms with Crippen LogP contribution in [0.15, 0.2) is 18.2 Å².